The molecule has 0 saturated heterocycles. The van der Waals surface area contributed by atoms with Gasteiger partial charge in [0.1, 0.15) is 17.4 Å². The van der Waals surface area contributed by atoms with Crippen molar-refractivity contribution >= 4 is 11.3 Å². The number of hydrogen-bond acceptors (Lipinski definition) is 4. The zero-order chi connectivity index (χ0) is 13.2. The van der Waals surface area contributed by atoms with Gasteiger partial charge in [-0.1, -0.05) is 12.1 Å². The molecule has 0 radical (unpaired) electrons. The summed E-state index contributed by atoms with van der Waals surface area (Å²) in [5.41, 5.74) is 1.24. The van der Waals surface area contributed by atoms with Crippen LogP contribution < -0.4 is 4.74 Å². The van der Waals surface area contributed by atoms with Crippen LogP contribution in [-0.2, 0) is 0 Å². The van der Waals surface area contributed by atoms with Crippen molar-refractivity contribution in [2.45, 2.75) is 26.4 Å². The predicted molar refractivity (Wildman–Crippen MR) is 74.1 cm³/mol. The number of aromatic nitrogens is 1. The zero-order valence-electron chi connectivity index (χ0n) is 10.8. The highest BCUT2D eigenvalue weighted by Gasteiger charge is 2.13. The smallest absolute Gasteiger partial charge is 0.123 e. The highest BCUT2D eigenvalue weighted by atomic mass is 32.1. The van der Waals surface area contributed by atoms with Crippen LogP contribution in [0.5, 0.6) is 5.75 Å². The van der Waals surface area contributed by atoms with Crippen molar-refractivity contribution < 1.29 is 9.84 Å². The minimum Gasteiger partial charge on any atom is -0.491 e. The lowest BCUT2D eigenvalue weighted by atomic mass is 10.1. The predicted octanol–water partition coefficient (Wildman–Crippen LogP) is 3.27. The van der Waals surface area contributed by atoms with Gasteiger partial charge in [-0.3, -0.25) is 0 Å². The third-order valence-electron chi connectivity index (χ3n) is 2.29. The number of thiazole rings is 1. The SMILES string of the molecule is Cc1csc(-c2cccc(OCC(C)(C)O)c2)n1. The van der Waals surface area contributed by atoms with E-state index >= 15 is 0 Å². The van der Waals surface area contributed by atoms with E-state index in [9.17, 15) is 5.11 Å². The average molecular weight is 263 g/mol. The Morgan fingerprint density at radius 1 is 1.39 bits per heavy atom. The summed E-state index contributed by atoms with van der Waals surface area (Å²) in [6, 6.07) is 7.78. The first kappa shape index (κ1) is 13.1. The molecule has 0 unspecified atom stereocenters. The molecule has 0 aliphatic carbocycles. The molecule has 1 aromatic heterocycles. The maximum Gasteiger partial charge on any atom is 0.123 e. The molecule has 0 saturated carbocycles. The van der Waals surface area contributed by atoms with E-state index in [2.05, 4.69) is 4.98 Å². The fourth-order valence-electron chi connectivity index (χ4n) is 1.47. The molecule has 1 heterocycles. The van der Waals surface area contributed by atoms with Crippen LogP contribution in [-0.4, -0.2) is 22.3 Å². The number of aliphatic hydroxyl groups is 1. The molecule has 0 amide bonds. The number of ether oxygens (including phenoxy) is 1. The van der Waals surface area contributed by atoms with Gasteiger partial charge in [0.15, 0.2) is 0 Å². The van der Waals surface area contributed by atoms with Gasteiger partial charge in [0.05, 0.1) is 5.60 Å². The Labute approximate surface area is 111 Å². The fraction of sp³-hybridized carbons (Fsp3) is 0.357. The van der Waals surface area contributed by atoms with E-state index in [0.717, 1.165) is 22.0 Å². The quantitative estimate of drug-likeness (QED) is 0.920. The Hall–Kier alpha value is -1.39. The molecule has 2 aromatic rings. The molecule has 0 aliphatic heterocycles. The van der Waals surface area contributed by atoms with Crippen molar-refractivity contribution in [1.29, 1.82) is 0 Å². The van der Waals surface area contributed by atoms with Crippen LogP contribution in [0.4, 0.5) is 0 Å². The molecule has 2 rings (SSSR count). The van der Waals surface area contributed by atoms with Gasteiger partial charge in [-0.25, -0.2) is 4.98 Å². The molecule has 0 atom stereocenters. The van der Waals surface area contributed by atoms with E-state index in [0.29, 0.717) is 0 Å². The zero-order valence-corrected chi connectivity index (χ0v) is 11.6. The summed E-state index contributed by atoms with van der Waals surface area (Å²) < 4.78 is 5.57. The number of benzene rings is 1. The lowest BCUT2D eigenvalue weighted by molar-refractivity contribution is 0.0285. The maximum atomic E-state index is 9.63. The Kier molecular flexibility index (Phi) is 3.68. The second-order valence-electron chi connectivity index (χ2n) is 4.92. The maximum absolute atomic E-state index is 9.63. The first-order valence-corrected chi connectivity index (χ1v) is 6.70. The molecule has 0 bridgehead atoms. The molecule has 0 aliphatic rings. The minimum atomic E-state index is -0.826. The van der Waals surface area contributed by atoms with Crippen molar-refractivity contribution in [2.24, 2.45) is 0 Å². The van der Waals surface area contributed by atoms with Crippen molar-refractivity contribution in [2.75, 3.05) is 6.61 Å². The first-order chi connectivity index (χ1) is 8.44. The van der Waals surface area contributed by atoms with Crippen LogP contribution in [0.25, 0.3) is 10.6 Å². The largest absolute Gasteiger partial charge is 0.491 e. The van der Waals surface area contributed by atoms with Gasteiger partial charge in [0, 0.05) is 16.6 Å². The Morgan fingerprint density at radius 2 is 2.17 bits per heavy atom. The van der Waals surface area contributed by atoms with Gasteiger partial charge in [0.25, 0.3) is 0 Å². The highest BCUT2D eigenvalue weighted by Crippen LogP contribution is 2.27. The normalized spacial score (nSPS) is 11.6. The molecular formula is C14H17NO2S. The molecule has 96 valence electrons. The molecule has 0 fully saturated rings. The summed E-state index contributed by atoms with van der Waals surface area (Å²) in [6.07, 6.45) is 0. The van der Waals surface area contributed by atoms with Gasteiger partial charge in [0.2, 0.25) is 0 Å². The summed E-state index contributed by atoms with van der Waals surface area (Å²) in [6.45, 7) is 5.70. The summed E-state index contributed by atoms with van der Waals surface area (Å²) in [5.74, 6) is 0.752. The van der Waals surface area contributed by atoms with E-state index in [1.807, 2.05) is 36.6 Å². The van der Waals surface area contributed by atoms with Crippen LogP contribution in [0, 0.1) is 6.92 Å². The molecule has 4 heteroatoms. The fourth-order valence-corrected chi connectivity index (χ4v) is 2.26. The summed E-state index contributed by atoms with van der Waals surface area (Å²) >= 11 is 1.62. The highest BCUT2D eigenvalue weighted by molar-refractivity contribution is 7.13. The molecule has 1 aromatic carbocycles. The van der Waals surface area contributed by atoms with Gasteiger partial charge in [-0.15, -0.1) is 11.3 Å². The average Bonchev–Trinajstić information content (AvgIpc) is 2.73. The Bertz CT molecular complexity index is 529. The standard InChI is InChI=1S/C14H17NO2S/c1-10-8-18-13(15-10)11-5-4-6-12(7-11)17-9-14(2,3)16/h4-8,16H,9H2,1-3H3. The van der Waals surface area contributed by atoms with Crippen LogP contribution in [0.2, 0.25) is 0 Å². The number of aryl methyl sites for hydroxylation is 1. The van der Waals surface area contributed by atoms with Crippen LogP contribution in [0.3, 0.4) is 0 Å². The molecule has 3 nitrogen and oxygen atoms in total. The van der Waals surface area contributed by atoms with Crippen molar-refractivity contribution in [3.63, 3.8) is 0 Å². The van der Waals surface area contributed by atoms with Gasteiger partial charge < -0.3 is 9.84 Å². The molecule has 1 N–H and O–H groups in total. The minimum absolute atomic E-state index is 0.271. The van der Waals surface area contributed by atoms with E-state index in [1.165, 1.54) is 0 Å². The van der Waals surface area contributed by atoms with Crippen LogP contribution >= 0.6 is 11.3 Å². The van der Waals surface area contributed by atoms with Gasteiger partial charge >= 0.3 is 0 Å². The van der Waals surface area contributed by atoms with Crippen molar-refractivity contribution in [3.8, 4) is 16.3 Å². The van der Waals surface area contributed by atoms with Crippen LogP contribution in [0.15, 0.2) is 29.6 Å². The second-order valence-corrected chi connectivity index (χ2v) is 5.78. The van der Waals surface area contributed by atoms with E-state index in [4.69, 9.17) is 4.74 Å². The summed E-state index contributed by atoms with van der Waals surface area (Å²) in [7, 11) is 0. The van der Waals surface area contributed by atoms with E-state index < -0.39 is 5.60 Å². The van der Waals surface area contributed by atoms with E-state index in [-0.39, 0.29) is 6.61 Å². The summed E-state index contributed by atoms with van der Waals surface area (Å²) in [5, 5.41) is 12.6. The van der Waals surface area contributed by atoms with Gasteiger partial charge in [-0.2, -0.15) is 0 Å². The lowest BCUT2D eigenvalue weighted by Crippen LogP contribution is -2.27. The number of hydrogen-bond donors (Lipinski definition) is 1. The van der Waals surface area contributed by atoms with Gasteiger partial charge in [-0.05, 0) is 32.9 Å². The molecule has 0 spiro atoms. The number of rotatable bonds is 4. The molecule has 18 heavy (non-hydrogen) atoms. The third-order valence-corrected chi connectivity index (χ3v) is 3.30. The topological polar surface area (TPSA) is 42.4 Å². The Balaban J connectivity index is 2.15. The monoisotopic (exact) mass is 263 g/mol. The number of nitrogens with zero attached hydrogens (tertiary/aromatic N) is 1. The van der Waals surface area contributed by atoms with Crippen molar-refractivity contribution in [3.05, 3.63) is 35.3 Å². The first-order valence-electron chi connectivity index (χ1n) is 5.82. The third kappa shape index (κ3) is 3.55. The lowest BCUT2D eigenvalue weighted by Gasteiger charge is -2.17. The van der Waals surface area contributed by atoms with E-state index in [1.54, 1.807) is 25.2 Å². The second kappa shape index (κ2) is 5.08. The Morgan fingerprint density at radius 3 is 2.78 bits per heavy atom. The van der Waals surface area contributed by atoms with Crippen LogP contribution in [0.1, 0.15) is 19.5 Å². The molecular weight excluding hydrogens is 246 g/mol. The summed E-state index contributed by atoms with van der Waals surface area (Å²) in [4.78, 5) is 4.44. The van der Waals surface area contributed by atoms with Crippen molar-refractivity contribution in [1.82, 2.24) is 4.98 Å².